The molecule has 0 bridgehead atoms. The lowest BCUT2D eigenvalue weighted by molar-refractivity contribution is -0.137. The summed E-state index contributed by atoms with van der Waals surface area (Å²) in [5, 5.41) is 3.56. The molecule has 2 aliphatic heterocycles. The molecule has 1 N–H and O–H groups in total. The van der Waals surface area contributed by atoms with Gasteiger partial charge in [0.15, 0.2) is 0 Å². The van der Waals surface area contributed by atoms with Crippen LogP contribution >= 0.6 is 0 Å². The highest BCUT2D eigenvalue weighted by Crippen LogP contribution is 2.21. The number of nitrogens with zero attached hydrogens (tertiary/aromatic N) is 3. The molecular weight excluding hydrogens is 228 g/mol. The van der Waals surface area contributed by atoms with E-state index in [9.17, 15) is 4.79 Å². The molecule has 2 fully saturated rings. The zero-order valence-electron chi connectivity index (χ0n) is 10.5. The average Bonchev–Trinajstić information content (AvgIpc) is 2.41. The molecule has 0 aromatic carbocycles. The number of pyridine rings is 1. The summed E-state index contributed by atoms with van der Waals surface area (Å²) < 4.78 is 0. The Labute approximate surface area is 107 Å². The quantitative estimate of drug-likeness (QED) is 0.750. The van der Waals surface area contributed by atoms with Gasteiger partial charge in [0.2, 0.25) is 5.91 Å². The molecule has 1 aromatic rings. The summed E-state index contributed by atoms with van der Waals surface area (Å²) in [7, 11) is 1.88. The lowest BCUT2D eigenvalue weighted by Gasteiger charge is -2.45. The molecule has 5 nitrogen and oxygen atoms in total. The maximum Gasteiger partial charge on any atom is 0.236 e. The third kappa shape index (κ3) is 2.11. The summed E-state index contributed by atoms with van der Waals surface area (Å²) in [4.78, 5) is 19.9. The van der Waals surface area contributed by atoms with Crippen molar-refractivity contribution in [3.63, 3.8) is 0 Å². The van der Waals surface area contributed by atoms with Crippen molar-refractivity contribution >= 4 is 5.91 Å². The number of nitrogens with one attached hydrogen (secondary N) is 1. The fourth-order valence-corrected chi connectivity index (χ4v) is 2.76. The second-order valence-electron chi connectivity index (χ2n) is 5.10. The third-order valence-electron chi connectivity index (χ3n) is 3.89. The first-order chi connectivity index (χ1) is 8.74. The van der Waals surface area contributed by atoms with E-state index in [0.29, 0.717) is 18.6 Å². The fraction of sp³-hybridized carbons (Fsp3) is 0.538. The molecule has 0 saturated carbocycles. The number of rotatable bonds is 1. The van der Waals surface area contributed by atoms with Crippen LogP contribution in [0.3, 0.4) is 0 Å². The Morgan fingerprint density at radius 3 is 2.89 bits per heavy atom. The van der Waals surface area contributed by atoms with Gasteiger partial charge in [-0.3, -0.25) is 14.7 Å². The van der Waals surface area contributed by atoms with Crippen LogP contribution in [-0.2, 0) is 4.79 Å². The smallest absolute Gasteiger partial charge is 0.236 e. The van der Waals surface area contributed by atoms with Crippen molar-refractivity contribution in [3.05, 3.63) is 30.1 Å². The Morgan fingerprint density at radius 2 is 2.11 bits per heavy atom. The molecule has 2 unspecified atom stereocenters. The van der Waals surface area contributed by atoms with Crippen molar-refractivity contribution in [2.45, 2.75) is 12.1 Å². The van der Waals surface area contributed by atoms with Crippen LogP contribution in [0.25, 0.3) is 0 Å². The number of carbonyl (C=O) groups is 1. The number of aromatic nitrogens is 1. The second-order valence-corrected chi connectivity index (χ2v) is 5.10. The van der Waals surface area contributed by atoms with Gasteiger partial charge in [-0.25, -0.2) is 0 Å². The number of amides is 1. The number of hydrogen-bond donors (Lipinski definition) is 1. The van der Waals surface area contributed by atoms with E-state index in [-0.39, 0.29) is 5.91 Å². The van der Waals surface area contributed by atoms with Crippen molar-refractivity contribution < 1.29 is 4.79 Å². The van der Waals surface area contributed by atoms with Crippen molar-refractivity contribution in [3.8, 4) is 0 Å². The zero-order chi connectivity index (χ0) is 12.5. The molecular formula is C13H18N4O. The van der Waals surface area contributed by atoms with Gasteiger partial charge in [-0.1, -0.05) is 0 Å². The van der Waals surface area contributed by atoms with Gasteiger partial charge in [0.1, 0.15) is 0 Å². The minimum Gasteiger partial charge on any atom is -0.343 e. The molecule has 0 aliphatic carbocycles. The van der Waals surface area contributed by atoms with Crippen LogP contribution in [0.4, 0.5) is 0 Å². The molecule has 3 heterocycles. The van der Waals surface area contributed by atoms with E-state index in [4.69, 9.17) is 0 Å². The summed E-state index contributed by atoms with van der Waals surface area (Å²) >= 11 is 0. The summed E-state index contributed by atoms with van der Waals surface area (Å²) in [5.74, 6) is 0.224. The van der Waals surface area contributed by atoms with Gasteiger partial charge >= 0.3 is 0 Å². The van der Waals surface area contributed by atoms with E-state index in [1.54, 1.807) is 0 Å². The highest BCUT2D eigenvalue weighted by molar-refractivity contribution is 5.78. The molecule has 3 rings (SSSR count). The van der Waals surface area contributed by atoms with Gasteiger partial charge in [0, 0.05) is 51.2 Å². The van der Waals surface area contributed by atoms with Crippen LogP contribution in [0.2, 0.25) is 0 Å². The predicted molar refractivity (Wildman–Crippen MR) is 68.0 cm³/mol. The van der Waals surface area contributed by atoms with Gasteiger partial charge in [-0.05, 0) is 17.7 Å². The molecule has 0 radical (unpaired) electrons. The number of hydrogen-bond acceptors (Lipinski definition) is 4. The van der Waals surface area contributed by atoms with Gasteiger partial charge in [-0.2, -0.15) is 0 Å². The largest absolute Gasteiger partial charge is 0.343 e. The van der Waals surface area contributed by atoms with Gasteiger partial charge in [0.25, 0.3) is 0 Å². The van der Waals surface area contributed by atoms with Crippen LogP contribution in [0, 0.1) is 0 Å². The lowest BCUT2D eigenvalue weighted by atomic mass is 10.0. The molecule has 2 aliphatic rings. The van der Waals surface area contributed by atoms with E-state index in [1.165, 1.54) is 5.56 Å². The summed E-state index contributed by atoms with van der Waals surface area (Å²) in [6, 6.07) is 4.83. The van der Waals surface area contributed by atoms with Crippen LogP contribution in [-0.4, -0.2) is 60.0 Å². The van der Waals surface area contributed by atoms with Crippen molar-refractivity contribution in [1.29, 1.82) is 0 Å². The highest BCUT2D eigenvalue weighted by Gasteiger charge is 2.35. The van der Waals surface area contributed by atoms with E-state index >= 15 is 0 Å². The SMILES string of the molecule is CN1CC2CNC(c3ccncc3)CN2CC1=O. The maximum absolute atomic E-state index is 11.7. The number of piperazine rings is 2. The van der Waals surface area contributed by atoms with Gasteiger partial charge < -0.3 is 10.2 Å². The Morgan fingerprint density at radius 1 is 1.33 bits per heavy atom. The molecule has 1 amide bonds. The monoisotopic (exact) mass is 246 g/mol. The molecule has 1 aromatic heterocycles. The summed E-state index contributed by atoms with van der Waals surface area (Å²) in [5.41, 5.74) is 1.25. The van der Waals surface area contributed by atoms with Gasteiger partial charge in [-0.15, -0.1) is 0 Å². The first kappa shape index (κ1) is 11.6. The van der Waals surface area contributed by atoms with Gasteiger partial charge in [0.05, 0.1) is 6.54 Å². The van der Waals surface area contributed by atoms with Crippen molar-refractivity contribution in [1.82, 2.24) is 20.1 Å². The van der Waals surface area contributed by atoms with Crippen LogP contribution in [0.1, 0.15) is 11.6 Å². The standard InChI is InChI=1S/C13H18N4O/c1-16-7-11-6-15-12(8-17(11)9-13(16)18)10-2-4-14-5-3-10/h2-5,11-12,15H,6-9H2,1H3. The lowest BCUT2D eigenvalue weighted by Crippen LogP contribution is -2.62. The van der Waals surface area contributed by atoms with Crippen LogP contribution in [0.5, 0.6) is 0 Å². The van der Waals surface area contributed by atoms with E-state index in [1.807, 2.05) is 36.5 Å². The average molecular weight is 246 g/mol. The second kappa shape index (κ2) is 4.66. The Balaban J connectivity index is 1.72. The predicted octanol–water partition coefficient (Wildman–Crippen LogP) is -0.132. The highest BCUT2D eigenvalue weighted by atomic mass is 16.2. The zero-order valence-corrected chi connectivity index (χ0v) is 10.5. The minimum absolute atomic E-state index is 0.224. The Kier molecular flexibility index (Phi) is 3.01. The Hall–Kier alpha value is -1.46. The van der Waals surface area contributed by atoms with Crippen LogP contribution < -0.4 is 5.32 Å². The fourth-order valence-electron chi connectivity index (χ4n) is 2.76. The number of likely N-dealkylation sites (N-methyl/N-ethyl adjacent to an activating group) is 1. The third-order valence-corrected chi connectivity index (χ3v) is 3.89. The molecule has 18 heavy (non-hydrogen) atoms. The van der Waals surface area contributed by atoms with Crippen molar-refractivity contribution in [2.24, 2.45) is 0 Å². The number of carbonyl (C=O) groups excluding carboxylic acids is 1. The number of fused-ring (bicyclic) bond motifs is 1. The minimum atomic E-state index is 0.224. The maximum atomic E-state index is 11.7. The topological polar surface area (TPSA) is 48.5 Å². The Bertz CT molecular complexity index is 436. The molecule has 5 heteroatoms. The molecule has 2 atom stereocenters. The molecule has 96 valence electrons. The van der Waals surface area contributed by atoms with Crippen LogP contribution in [0.15, 0.2) is 24.5 Å². The first-order valence-corrected chi connectivity index (χ1v) is 6.35. The molecule has 2 saturated heterocycles. The molecule has 0 spiro atoms. The summed E-state index contributed by atoms with van der Waals surface area (Å²) in [6.07, 6.45) is 3.64. The summed E-state index contributed by atoms with van der Waals surface area (Å²) in [6.45, 7) is 3.21. The normalized spacial score (nSPS) is 29.2. The first-order valence-electron chi connectivity index (χ1n) is 6.35. The van der Waals surface area contributed by atoms with E-state index < -0.39 is 0 Å². The van der Waals surface area contributed by atoms with Crippen molar-refractivity contribution in [2.75, 3.05) is 33.2 Å². The van der Waals surface area contributed by atoms with E-state index in [2.05, 4.69) is 15.2 Å². The van der Waals surface area contributed by atoms with E-state index in [0.717, 1.165) is 19.6 Å².